The predicted octanol–water partition coefficient (Wildman–Crippen LogP) is 1.11. The Balaban J connectivity index is -0.000000286. The summed E-state index contributed by atoms with van der Waals surface area (Å²) in [6.45, 7) is 14.5. The molecule has 0 aliphatic carbocycles. The maximum atomic E-state index is 8.09. The van der Waals surface area contributed by atoms with Gasteiger partial charge >= 0.3 is 0 Å². The van der Waals surface area contributed by atoms with E-state index in [0.717, 1.165) is 26.4 Å². The molecule has 0 saturated carbocycles. The average Bonchev–Trinajstić information content (AvgIpc) is 2.57. The third-order valence-electron chi connectivity index (χ3n) is 2.03. The van der Waals surface area contributed by atoms with Crippen molar-refractivity contribution in [2.24, 2.45) is 0 Å². The topological polar surface area (TPSA) is 86.6 Å². The van der Waals surface area contributed by atoms with E-state index in [1.165, 1.54) is 0 Å². The van der Waals surface area contributed by atoms with Gasteiger partial charge in [0.1, 0.15) is 0 Å². The van der Waals surface area contributed by atoms with Gasteiger partial charge in [0.25, 0.3) is 0 Å². The zero-order valence-electron chi connectivity index (χ0n) is 15.4. The van der Waals surface area contributed by atoms with E-state index in [1.807, 2.05) is 27.7 Å². The highest BCUT2D eigenvalue weighted by atomic mass is 16.5. The van der Waals surface area contributed by atoms with E-state index in [9.17, 15) is 0 Å². The fraction of sp³-hybridized carbons (Fsp3) is 1.00. The van der Waals surface area contributed by atoms with Gasteiger partial charge in [0.15, 0.2) is 0 Å². The summed E-state index contributed by atoms with van der Waals surface area (Å²) in [6, 6.07) is 0. The van der Waals surface area contributed by atoms with Gasteiger partial charge in [-0.2, -0.15) is 0 Å². The van der Waals surface area contributed by atoms with Crippen LogP contribution in [-0.2, 0) is 23.7 Å². The molecule has 7 heteroatoms. The lowest BCUT2D eigenvalue weighted by Gasteiger charge is -2.03. The Morgan fingerprint density at radius 1 is 0.435 bits per heavy atom. The Hall–Kier alpha value is -0.280. The number of aliphatic hydroxyl groups excluding tert-OH is 2. The van der Waals surface area contributed by atoms with Crippen LogP contribution in [0.5, 0.6) is 0 Å². The van der Waals surface area contributed by atoms with E-state index >= 15 is 0 Å². The largest absolute Gasteiger partial charge is 0.394 e. The molecule has 0 rings (SSSR count). The van der Waals surface area contributed by atoms with Crippen LogP contribution in [0.25, 0.3) is 0 Å². The second-order valence-electron chi connectivity index (χ2n) is 3.85. The molecule has 0 amide bonds. The highest BCUT2D eigenvalue weighted by molar-refractivity contribution is 4.30. The summed E-state index contributed by atoms with van der Waals surface area (Å²) in [5.41, 5.74) is 0. The van der Waals surface area contributed by atoms with Crippen molar-refractivity contribution in [2.75, 3.05) is 79.3 Å². The van der Waals surface area contributed by atoms with Crippen LogP contribution in [0.3, 0.4) is 0 Å². The minimum atomic E-state index is 0.0278. The molecule has 0 aromatic rings. The Morgan fingerprint density at radius 2 is 0.739 bits per heavy atom. The standard InChI is InChI=1S/C8H18O3.C4H10O3.C4H10O/c1-3-9-5-7-11-8-6-10-4-2;5-1-3-7-4-2-6;1-3-5-4-2/h3-8H2,1-2H3;5-6H,1-4H2;3-4H2,1-2H3. The Morgan fingerprint density at radius 3 is 1.00 bits per heavy atom. The van der Waals surface area contributed by atoms with Gasteiger partial charge in [0.05, 0.1) is 52.9 Å². The summed E-state index contributed by atoms with van der Waals surface area (Å²) in [4.78, 5) is 0. The van der Waals surface area contributed by atoms with E-state index < -0.39 is 0 Å². The zero-order valence-corrected chi connectivity index (χ0v) is 15.4. The second-order valence-corrected chi connectivity index (χ2v) is 3.85. The molecule has 0 bridgehead atoms. The fourth-order valence-electron chi connectivity index (χ4n) is 1.06. The molecule has 0 aliphatic rings. The first-order valence-electron chi connectivity index (χ1n) is 8.35. The summed E-state index contributed by atoms with van der Waals surface area (Å²) in [5, 5.41) is 16.2. The van der Waals surface area contributed by atoms with Crippen LogP contribution in [0.4, 0.5) is 0 Å². The van der Waals surface area contributed by atoms with Gasteiger partial charge in [0, 0.05) is 26.4 Å². The van der Waals surface area contributed by atoms with Crippen LogP contribution in [0.1, 0.15) is 27.7 Å². The quantitative estimate of drug-likeness (QED) is 0.457. The molecule has 0 unspecified atom stereocenters. The van der Waals surface area contributed by atoms with Crippen LogP contribution in [0.15, 0.2) is 0 Å². The third-order valence-corrected chi connectivity index (χ3v) is 2.03. The van der Waals surface area contributed by atoms with Gasteiger partial charge in [-0.3, -0.25) is 0 Å². The smallest absolute Gasteiger partial charge is 0.0701 e. The van der Waals surface area contributed by atoms with Crippen LogP contribution in [-0.4, -0.2) is 89.5 Å². The first-order valence-corrected chi connectivity index (χ1v) is 8.35. The number of rotatable bonds is 14. The molecule has 0 aliphatic heterocycles. The molecule has 0 fully saturated rings. The van der Waals surface area contributed by atoms with E-state index in [1.54, 1.807) is 0 Å². The van der Waals surface area contributed by atoms with Crippen molar-refractivity contribution >= 4 is 0 Å². The van der Waals surface area contributed by atoms with Crippen LogP contribution >= 0.6 is 0 Å². The van der Waals surface area contributed by atoms with Crippen LogP contribution in [0, 0.1) is 0 Å². The minimum absolute atomic E-state index is 0.0278. The molecule has 0 aromatic heterocycles. The molecular weight excluding hydrogens is 304 g/mol. The van der Waals surface area contributed by atoms with Crippen molar-refractivity contribution in [1.29, 1.82) is 0 Å². The van der Waals surface area contributed by atoms with Gasteiger partial charge < -0.3 is 33.9 Å². The summed E-state index contributed by atoms with van der Waals surface area (Å²) in [7, 11) is 0. The van der Waals surface area contributed by atoms with E-state index in [0.29, 0.717) is 39.6 Å². The molecule has 0 spiro atoms. The van der Waals surface area contributed by atoms with Crippen molar-refractivity contribution in [3.63, 3.8) is 0 Å². The van der Waals surface area contributed by atoms with Crippen LogP contribution in [0.2, 0.25) is 0 Å². The highest BCUT2D eigenvalue weighted by Crippen LogP contribution is 1.79. The van der Waals surface area contributed by atoms with Gasteiger partial charge in [-0.15, -0.1) is 0 Å². The molecule has 0 saturated heterocycles. The van der Waals surface area contributed by atoms with Gasteiger partial charge in [-0.05, 0) is 27.7 Å². The SMILES string of the molecule is CCOCC.CCOCCOCCOCC.OCCOCCO. The molecule has 2 N–H and O–H groups in total. The molecule has 23 heavy (non-hydrogen) atoms. The van der Waals surface area contributed by atoms with Crippen molar-refractivity contribution < 1.29 is 33.9 Å². The lowest BCUT2D eigenvalue weighted by atomic mass is 10.7. The summed E-state index contributed by atoms with van der Waals surface area (Å²) < 4.78 is 24.8. The molecule has 0 heterocycles. The maximum absolute atomic E-state index is 8.09. The monoisotopic (exact) mass is 342 g/mol. The Labute approximate surface area is 141 Å². The van der Waals surface area contributed by atoms with Gasteiger partial charge in [-0.1, -0.05) is 0 Å². The number of ether oxygens (including phenoxy) is 5. The first-order chi connectivity index (χ1) is 11.2. The van der Waals surface area contributed by atoms with Crippen LogP contribution < -0.4 is 0 Å². The number of hydrogen-bond acceptors (Lipinski definition) is 7. The first kappa shape index (κ1) is 27.6. The van der Waals surface area contributed by atoms with Crippen molar-refractivity contribution in [3.8, 4) is 0 Å². The maximum Gasteiger partial charge on any atom is 0.0701 e. The van der Waals surface area contributed by atoms with Crippen molar-refractivity contribution in [1.82, 2.24) is 0 Å². The molecule has 0 atom stereocenters. The summed E-state index contributed by atoms with van der Waals surface area (Å²) in [6.07, 6.45) is 0. The molecule has 0 radical (unpaired) electrons. The lowest BCUT2D eigenvalue weighted by Crippen LogP contribution is -2.08. The highest BCUT2D eigenvalue weighted by Gasteiger charge is 1.87. The van der Waals surface area contributed by atoms with E-state index in [2.05, 4.69) is 4.74 Å². The number of aliphatic hydroxyl groups is 2. The fourth-order valence-corrected chi connectivity index (χ4v) is 1.06. The van der Waals surface area contributed by atoms with Gasteiger partial charge in [-0.25, -0.2) is 0 Å². The molecule has 144 valence electrons. The third kappa shape index (κ3) is 44.9. The van der Waals surface area contributed by atoms with E-state index in [-0.39, 0.29) is 13.2 Å². The van der Waals surface area contributed by atoms with E-state index in [4.69, 9.17) is 29.2 Å². The molecule has 7 nitrogen and oxygen atoms in total. The summed E-state index contributed by atoms with van der Waals surface area (Å²) in [5.74, 6) is 0. The van der Waals surface area contributed by atoms with Gasteiger partial charge in [0.2, 0.25) is 0 Å². The molecular formula is C16H38O7. The minimum Gasteiger partial charge on any atom is -0.394 e. The second kappa shape index (κ2) is 33.4. The Bertz CT molecular complexity index is 145. The number of hydrogen-bond donors (Lipinski definition) is 2. The molecule has 0 aromatic carbocycles. The lowest BCUT2D eigenvalue weighted by molar-refractivity contribution is 0.0195. The predicted molar refractivity (Wildman–Crippen MR) is 91.0 cm³/mol. The van der Waals surface area contributed by atoms with Crippen molar-refractivity contribution in [3.05, 3.63) is 0 Å². The normalized spacial score (nSPS) is 9.65. The Kier molecular flexibility index (Phi) is 40.0. The average molecular weight is 342 g/mol. The zero-order chi connectivity index (χ0) is 18.0. The van der Waals surface area contributed by atoms with Crippen molar-refractivity contribution in [2.45, 2.75) is 27.7 Å². The summed E-state index contributed by atoms with van der Waals surface area (Å²) >= 11 is 0.